The molecule has 1 aliphatic rings. The molecule has 0 bridgehead atoms. The Morgan fingerprint density at radius 3 is 2.88 bits per heavy atom. The van der Waals surface area contributed by atoms with Crippen LogP contribution in [0.5, 0.6) is 0 Å². The molecule has 2 aromatic rings. The summed E-state index contributed by atoms with van der Waals surface area (Å²) in [6.07, 6.45) is 2.39. The summed E-state index contributed by atoms with van der Waals surface area (Å²) in [6.45, 7) is 3.81. The average Bonchev–Trinajstić information content (AvgIpc) is 3.25. The first-order valence-corrected chi connectivity index (χ1v) is 9.15. The van der Waals surface area contributed by atoms with Crippen LogP contribution < -0.4 is 5.32 Å². The number of amides is 1. The minimum Gasteiger partial charge on any atom is -0.393 e. The van der Waals surface area contributed by atoms with Crippen LogP contribution in [-0.4, -0.2) is 46.6 Å². The van der Waals surface area contributed by atoms with Crippen LogP contribution in [0.25, 0.3) is 0 Å². The van der Waals surface area contributed by atoms with E-state index in [4.69, 9.17) is 0 Å². The molecule has 3 rings (SSSR count). The van der Waals surface area contributed by atoms with Crippen molar-refractivity contribution >= 4 is 17.2 Å². The van der Waals surface area contributed by atoms with Crippen molar-refractivity contribution in [3.05, 3.63) is 52.5 Å². The van der Waals surface area contributed by atoms with E-state index in [0.29, 0.717) is 6.54 Å². The summed E-state index contributed by atoms with van der Waals surface area (Å²) in [5.41, 5.74) is 1.03. The Labute approximate surface area is 146 Å². The lowest BCUT2D eigenvalue weighted by molar-refractivity contribution is -0.122. The number of benzene rings is 1. The number of carbonyl (C=O) groups excluding carboxylic acids is 1. The van der Waals surface area contributed by atoms with Gasteiger partial charge in [0.2, 0.25) is 5.91 Å². The van der Waals surface area contributed by atoms with E-state index in [9.17, 15) is 9.90 Å². The second-order valence-corrected chi connectivity index (χ2v) is 7.23. The van der Waals surface area contributed by atoms with Crippen molar-refractivity contribution in [3.63, 3.8) is 0 Å². The molecule has 2 N–H and O–H groups in total. The first-order chi connectivity index (χ1) is 11.6. The standard InChI is InChI=1S/C18H23N3O2S/c1-13(22)15-7-9-21(11-15)12-16(23)20-17(18-19-8-10-24-18)14-5-3-2-4-6-14/h2-6,8,10,13,15,17,22H,7,9,11-12H2,1H3,(H,20,23). The zero-order chi connectivity index (χ0) is 16.9. The second-order valence-electron chi connectivity index (χ2n) is 6.31. The summed E-state index contributed by atoms with van der Waals surface area (Å²) in [5.74, 6) is 0.256. The molecular formula is C18H23N3O2S. The Bertz CT molecular complexity index is 646. The van der Waals surface area contributed by atoms with Gasteiger partial charge >= 0.3 is 0 Å². The Kier molecular flexibility index (Phi) is 5.60. The maximum atomic E-state index is 12.5. The molecule has 1 amide bonds. The predicted molar refractivity (Wildman–Crippen MR) is 94.8 cm³/mol. The summed E-state index contributed by atoms with van der Waals surface area (Å²) in [4.78, 5) is 19.0. The highest BCUT2D eigenvalue weighted by atomic mass is 32.1. The van der Waals surface area contributed by atoms with Gasteiger partial charge in [0.1, 0.15) is 11.0 Å². The van der Waals surface area contributed by atoms with E-state index in [2.05, 4.69) is 15.2 Å². The molecule has 128 valence electrons. The predicted octanol–water partition coefficient (Wildman–Crippen LogP) is 2.05. The van der Waals surface area contributed by atoms with Crippen LogP contribution in [0.15, 0.2) is 41.9 Å². The molecule has 0 saturated carbocycles. The first kappa shape index (κ1) is 17.1. The zero-order valence-corrected chi connectivity index (χ0v) is 14.6. The fourth-order valence-electron chi connectivity index (χ4n) is 3.12. The fourth-order valence-corrected chi connectivity index (χ4v) is 3.83. The van der Waals surface area contributed by atoms with Gasteiger partial charge in [-0.1, -0.05) is 30.3 Å². The number of likely N-dealkylation sites (tertiary alicyclic amines) is 1. The third kappa shape index (κ3) is 4.20. The highest BCUT2D eigenvalue weighted by Crippen LogP contribution is 2.24. The summed E-state index contributed by atoms with van der Waals surface area (Å²) in [6, 6.07) is 9.70. The van der Waals surface area contributed by atoms with Crippen LogP contribution in [0.1, 0.15) is 30.0 Å². The molecule has 0 radical (unpaired) electrons. The van der Waals surface area contributed by atoms with Crippen molar-refractivity contribution in [2.75, 3.05) is 19.6 Å². The quantitative estimate of drug-likeness (QED) is 0.841. The number of hydrogen-bond acceptors (Lipinski definition) is 5. The third-order valence-corrected chi connectivity index (χ3v) is 5.34. The van der Waals surface area contributed by atoms with Gasteiger partial charge in [0, 0.05) is 18.1 Å². The van der Waals surface area contributed by atoms with E-state index >= 15 is 0 Å². The number of aromatic nitrogens is 1. The fraction of sp³-hybridized carbons (Fsp3) is 0.444. The Hall–Kier alpha value is -1.76. The molecule has 3 atom stereocenters. The molecule has 0 spiro atoms. The summed E-state index contributed by atoms with van der Waals surface area (Å²) in [7, 11) is 0. The van der Waals surface area contributed by atoms with Crippen molar-refractivity contribution in [1.82, 2.24) is 15.2 Å². The molecule has 24 heavy (non-hydrogen) atoms. The van der Waals surface area contributed by atoms with E-state index in [1.165, 1.54) is 0 Å². The smallest absolute Gasteiger partial charge is 0.235 e. The van der Waals surface area contributed by atoms with Gasteiger partial charge in [-0.25, -0.2) is 4.98 Å². The Morgan fingerprint density at radius 2 is 2.25 bits per heavy atom. The summed E-state index contributed by atoms with van der Waals surface area (Å²) in [5, 5.41) is 15.6. The summed E-state index contributed by atoms with van der Waals surface area (Å²) >= 11 is 1.54. The van der Waals surface area contributed by atoms with Crippen LogP contribution in [0.3, 0.4) is 0 Å². The summed E-state index contributed by atoms with van der Waals surface area (Å²) < 4.78 is 0. The normalized spacial score (nSPS) is 20.7. The topological polar surface area (TPSA) is 65.5 Å². The molecule has 1 aliphatic heterocycles. The molecule has 1 aromatic heterocycles. The first-order valence-electron chi connectivity index (χ1n) is 8.27. The molecule has 1 fully saturated rings. The second kappa shape index (κ2) is 7.88. The number of aliphatic hydroxyl groups is 1. The van der Waals surface area contributed by atoms with E-state index in [-0.39, 0.29) is 24.0 Å². The number of nitrogens with zero attached hydrogens (tertiary/aromatic N) is 2. The van der Waals surface area contributed by atoms with Crippen molar-refractivity contribution in [2.24, 2.45) is 5.92 Å². The van der Waals surface area contributed by atoms with Crippen LogP contribution in [0.2, 0.25) is 0 Å². The van der Waals surface area contributed by atoms with Crippen molar-refractivity contribution < 1.29 is 9.90 Å². The van der Waals surface area contributed by atoms with E-state index in [1.807, 2.05) is 42.6 Å². The molecule has 1 saturated heterocycles. The van der Waals surface area contributed by atoms with Gasteiger partial charge in [-0.2, -0.15) is 0 Å². The maximum Gasteiger partial charge on any atom is 0.235 e. The van der Waals surface area contributed by atoms with Gasteiger partial charge in [0.25, 0.3) is 0 Å². The minimum absolute atomic E-state index is 0.00899. The van der Waals surface area contributed by atoms with Crippen LogP contribution in [0.4, 0.5) is 0 Å². The van der Waals surface area contributed by atoms with Gasteiger partial charge in [-0.15, -0.1) is 11.3 Å². The number of aliphatic hydroxyl groups excluding tert-OH is 1. The number of carbonyl (C=O) groups is 1. The minimum atomic E-state index is -0.314. The molecule has 3 unspecified atom stereocenters. The number of nitrogens with one attached hydrogen (secondary N) is 1. The highest BCUT2D eigenvalue weighted by molar-refractivity contribution is 7.09. The lowest BCUT2D eigenvalue weighted by Crippen LogP contribution is -2.38. The van der Waals surface area contributed by atoms with Gasteiger partial charge < -0.3 is 10.4 Å². The van der Waals surface area contributed by atoms with Crippen LogP contribution in [0, 0.1) is 5.92 Å². The van der Waals surface area contributed by atoms with Crippen molar-refractivity contribution in [3.8, 4) is 0 Å². The van der Waals surface area contributed by atoms with Crippen LogP contribution >= 0.6 is 11.3 Å². The molecule has 6 heteroatoms. The zero-order valence-electron chi connectivity index (χ0n) is 13.8. The monoisotopic (exact) mass is 345 g/mol. The Balaban J connectivity index is 1.64. The van der Waals surface area contributed by atoms with Gasteiger partial charge in [0.05, 0.1) is 12.6 Å². The van der Waals surface area contributed by atoms with Gasteiger partial charge in [-0.3, -0.25) is 9.69 Å². The van der Waals surface area contributed by atoms with Crippen LogP contribution in [-0.2, 0) is 4.79 Å². The van der Waals surface area contributed by atoms with Gasteiger partial charge in [-0.05, 0) is 31.4 Å². The molecular weight excluding hydrogens is 322 g/mol. The largest absolute Gasteiger partial charge is 0.393 e. The van der Waals surface area contributed by atoms with Gasteiger partial charge in [0.15, 0.2) is 0 Å². The number of thiazole rings is 1. The molecule has 1 aromatic carbocycles. The molecule has 5 nitrogen and oxygen atoms in total. The number of hydrogen-bond donors (Lipinski definition) is 2. The maximum absolute atomic E-state index is 12.5. The molecule has 2 heterocycles. The van der Waals surface area contributed by atoms with E-state index in [1.54, 1.807) is 17.5 Å². The highest BCUT2D eigenvalue weighted by Gasteiger charge is 2.28. The average molecular weight is 345 g/mol. The van der Waals surface area contributed by atoms with Crippen molar-refractivity contribution in [2.45, 2.75) is 25.5 Å². The SMILES string of the molecule is CC(O)C1CCN(CC(=O)NC(c2ccccc2)c2nccs2)C1. The lowest BCUT2D eigenvalue weighted by atomic mass is 10.0. The number of rotatable bonds is 6. The van der Waals surface area contributed by atoms with E-state index in [0.717, 1.165) is 30.1 Å². The van der Waals surface area contributed by atoms with E-state index < -0.39 is 0 Å². The van der Waals surface area contributed by atoms with Crippen molar-refractivity contribution in [1.29, 1.82) is 0 Å². The molecule has 0 aliphatic carbocycles. The Morgan fingerprint density at radius 1 is 1.46 bits per heavy atom. The third-order valence-electron chi connectivity index (χ3n) is 4.49. The lowest BCUT2D eigenvalue weighted by Gasteiger charge is -2.20.